The van der Waals surface area contributed by atoms with Crippen LogP contribution in [0.4, 0.5) is 0 Å². The average molecular weight is 479 g/mol. The first kappa shape index (κ1) is 22.6. The fraction of sp³-hybridized carbons (Fsp3) is 0.267. The van der Waals surface area contributed by atoms with Crippen molar-refractivity contribution in [1.29, 1.82) is 0 Å². The highest BCUT2D eigenvalue weighted by molar-refractivity contribution is 6.03. The summed E-state index contributed by atoms with van der Waals surface area (Å²) in [5.74, 6) is -0.0794. The van der Waals surface area contributed by atoms with E-state index in [-0.39, 0.29) is 24.4 Å². The summed E-state index contributed by atoms with van der Waals surface area (Å²) in [5.41, 5.74) is 6.93. The number of aromatic nitrogens is 1. The van der Waals surface area contributed by atoms with Crippen LogP contribution < -0.4 is 0 Å². The predicted octanol–water partition coefficient (Wildman–Crippen LogP) is 4.46. The number of carbonyl (C=O) groups excluding carboxylic acids is 2. The number of carbonyl (C=O) groups is 2. The van der Waals surface area contributed by atoms with E-state index < -0.39 is 0 Å². The molecular weight excluding hydrogens is 448 g/mol. The molecule has 1 fully saturated rings. The number of fused-ring (bicyclic) bond motifs is 2. The number of para-hydroxylation sites is 1. The van der Waals surface area contributed by atoms with Crippen LogP contribution in [0.3, 0.4) is 0 Å². The molecule has 182 valence electrons. The molecule has 0 radical (unpaired) electrons. The first-order valence-electron chi connectivity index (χ1n) is 12.5. The van der Waals surface area contributed by atoms with Crippen molar-refractivity contribution < 1.29 is 9.59 Å². The topological polar surface area (TPSA) is 59.7 Å². The second kappa shape index (κ2) is 8.95. The number of aromatic amines is 1. The summed E-state index contributed by atoms with van der Waals surface area (Å²) in [4.78, 5) is 36.7. The van der Waals surface area contributed by atoms with E-state index in [1.165, 1.54) is 5.56 Å². The molecule has 0 aliphatic carbocycles. The molecule has 6 heteroatoms. The first-order chi connectivity index (χ1) is 17.5. The molecule has 6 nitrogen and oxygen atoms in total. The number of piperazine rings is 1. The highest BCUT2D eigenvalue weighted by atomic mass is 16.2. The van der Waals surface area contributed by atoms with Crippen LogP contribution in [-0.4, -0.2) is 71.3 Å². The maximum absolute atomic E-state index is 13.7. The van der Waals surface area contributed by atoms with E-state index in [2.05, 4.69) is 60.3 Å². The number of H-pyrrole nitrogens is 1. The van der Waals surface area contributed by atoms with Gasteiger partial charge in [-0.15, -0.1) is 0 Å². The summed E-state index contributed by atoms with van der Waals surface area (Å²) in [6.45, 7) is 5.22. The molecule has 4 aromatic rings. The number of aryl methyl sites for hydroxylation is 1. The van der Waals surface area contributed by atoms with Gasteiger partial charge in [-0.1, -0.05) is 66.2 Å². The molecular formula is C30H30N4O2. The van der Waals surface area contributed by atoms with Crippen molar-refractivity contribution in [3.8, 4) is 11.3 Å². The van der Waals surface area contributed by atoms with Gasteiger partial charge in [0, 0.05) is 48.2 Å². The molecule has 2 amide bonds. The highest BCUT2D eigenvalue weighted by Gasteiger charge is 2.41. The molecule has 0 bridgehead atoms. The fourth-order valence-corrected chi connectivity index (χ4v) is 5.54. The Morgan fingerprint density at radius 3 is 2.39 bits per heavy atom. The van der Waals surface area contributed by atoms with Gasteiger partial charge in [-0.3, -0.25) is 9.59 Å². The first-order valence-corrected chi connectivity index (χ1v) is 12.5. The molecule has 3 aromatic carbocycles. The molecule has 6 rings (SSSR count). The Labute approximate surface area is 211 Å². The van der Waals surface area contributed by atoms with Crippen molar-refractivity contribution >= 4 is 22.7 Å². The normalized spacial score (nSPS) is 18.2. The zero-order valence-corrected chi connectivity index (χ0v) is 20.7. The molecule has 1 atom stereocenters. The second-order valence-corrected chi connectivity index (χ2v) is 9.93. The van der Waals surface area contributed by atoms with Gasteiger partial charge < -0.3 is 19.7 Å². The lowest BCUT2D eigenvalue weighted by molar-refractivity contribution is -0.133. The minimum atomic E-state index is -0.349. The molecule has 0 spiro atoms. The quantitative estimate of drug-likeness (QED) is 0.471. The van der Waals surface area contributed by atoms with Gasteiger partial charge in [-0.25, -0.2) is 0 Å². The Hall–Kier alpha value is -3.90. The van der Waals surface area contributed by atoms with Gasteiger partial charge in [0.1, 0.15) is 6.54 Å². The van der Waals surface area contributed by atoms with Gasteiger partial charge in [0.05, 0.1) is 11.7 Å². The Morgan fingerprint density at radius 2 is 1.61 bits per heavy atom. The number of amides is 2. The van der Waals surface area contributed by atoms with Crippen LogP contribution >= 0.6 is 0 Å². The number of nitrogens with zero attached hydrogens (tertiary/aromatic N) is 3. The maximum Gasteiger partial charge on any atom is 0.255 e. The van der Waals surface area contributed by atoms with Crippen molar-refractivity contribution in [3.63, 3.8) is 0 Å². The SMILES string of the molecule is Cc1ccc(-c2[nH]c3ccccc3c2[C@@H]2c3ccccc3C(=O)N2CC(=O)N2CCN(C)CC2)cc1. The summed E-state index contributed by atoms with van der Waals surface area (Å²) < 4.78 is 0. The van der Waals surface area contributed by atoms with Crippen LogP contribution in [0.15, 0.2) is 72.8 Å². The third-order valence-corrected chi connectivity index (χ3v) is 7.58. The Kier molecular flexibility index (Phi) is 5.61. The number of rotatable bonds is 4. The highest BCUT2D eigenvalue weighted by Crippen LogP contribution is 2.45. The zero-order chi connectivity index (χ0) is 24.8. The lowest BCUT2D eigenvalue weighted by atomic mass is 9.93. The van der Waals surface area contributed by atoms with Crippen LogP contribution in [-0.2, 0) is 4.79 Å². The van der Waals surface area contributed by atoms with Crippen molar-refractivity contribution in [1.82, 2.24) is 19.7 Å². The van der Waals surface area contributed by atoms with E-state index in [1.807, 2.05) is 41.3 Å². The minimum absolute atomic E-state index is 0.00554. The molecule has 3 heterocycles. The van der Waals surface area contributed by atoms with Gasteiger partial charge in [-0.2, -0.15) is 0 Å². The summed E-state index contributed by atoms with van der Waals surface area (Å²) in [7, 11) is 2.07. The largest absolute Gasteiger partial charge is 0.354 e. The van der Waals surface area contributed by atoms with Crippen molar-refractivity contribution in [2.75, 3.05) is 39.8 Å². The molecule has 1 saturated heterocycles. The van der Waals surface area contributed by atoms with E-state index in [0.717, 1.165) is 46.4 Å². The Bertz CT molecular complexity index is 1450. The average Bonchev–Trinajstić information content (AvgIpc) is 3.40. The number of benzene rings is 3. The van der Waals surface area contributed by atoms with Crippen LogP contribution in [0.25, 0.3) is 22.2 Å². The molecule has 1 aromatic heterocycles. The maximum atomic E-state index is 13.7. The van der Waals surface area contributed by atoms with Crippen LogP contribution in [0.2, 0.25) is 0 Å². The van der Waals surface area contributed by atoms with E-state index in [4.69, 9.17) is 0 Å². The van der Waals surface area contributed by atoms with Gasteiger partial charge in [0.15, 0.2) is 0 Å². The summed E-state index contributed by atoms with van der Waals surface area (Å²) in [5, 5.41) is 1.07. The smallest absolute Gasteiger partial charge is 0.255 e. The van der Waals surface area contributed by atoms with Crippen LogP contribution in [0.5, 0.6) is 0 Å². The molecule has 0 saturated carbocycles. The monoisotopic (exact) mass is 478 g/mol. The lowest BCUT2D eigenvalue weighted by Gasteiger charge is -2.34. The summed E-state index contributed by atoms with van der Waals surface area (Å²) >= 11 is 0. The number of likely N-dealkylation sites (N-methyl/N-ethyl adjacent to an activating group) is 1. The Balaban J connectivity index is 1.48. The van der Waals surface area contributed by atoms with E-state index >= 15 is 0 Å². The summed E-state index contributed by atoms with van der Waals surface area (Å²) in [6.07, 6.45) is 0. The van der Waals surface area contributed by atoms with E-state index in [9.17, 15) is 9.59 Å². The number of hydrogen-bond acceptors (Lipinski definition) is 3. The zero-order valence-electron chi connectivity index (χ0n) is 20.7. The fourth-order valence-electron chi connectivity index (χ4n) is 5.54. The van der Waals surface area contributed by atoms with Crippen molar-refractivity contribution in [2.45, 2.75) is 13.0 Å². The van der Waals surface area contributed by atoms with E-state index in [0.29, 0.717) is 18.7 Å². The number of nitrogens with one attached hydrogen (secondary N) is 1. The van der Waals surface area contributed by atoms with Gasteiger partial charge in [0.25, 0.3) is 5.91 Å². The predicted molar refractivity (Wildman–Crippen MR) is 142 cm³/mol. The van der Waals surface area contributed by atoms with Crippen molar-refractivity contribution in [3.05, 3.63) is 95.1 Å². The van der Waals surface area contributed by atoms with Gasteiger partial charge >= 0.3 is 0 Å². The van der Waals surface area contributed by atoms with Crippen LogP contribution in [0, 0.1) is 6.92 Å². The molecule has 1 N–H and O–H groups in total. The van der Waals surface area contributed by atoms with E-state index in [1.54, 1.807) is 4.90 Å². The Morgan fingerprint density at radius 1 is 0.917 bits per heavy atom. The van der Waals surface area contributed by atoms with Crippen molar-refractivity contribution in [2.24, 2.45) is 0 Å². The van der Waals surface area contributed by atoms with Gasteiger partial charge in [0.2, 0.25) is 5.91 Å². The lowest BCUT2D eigenvalue weighted by Crippen LogP contribution is -2.50. The standard InChI is InChI=1S/C30H30N4O2/c1-20-11-13-21(14-12-20)28-27(24-9-5-6-10-25(24)31-28)29-22-7-3-4-8-23(22)30(36)34(29)19-26(35)33-17-15-32(2)16-18-33/h3-14,29,31H,15-19H2,1-2H3/t29-/m0/s1. The van der Waals surface area contributed by atoms with Crippen LogP contribution in [0.1, 0.15) is 33.1 Å². The molecule has 36 heavy (non-hydrogen) atoms. The third kappa shape index (κ3) is 3.78. The third-order valence-electron chi connectivity index (χ3n) is 7.58. The minimum Gasteiger partial charge on any atom is -0.354 e. The second-order valence-electron chi connectivity index (χ2n) is 9.93. The van der Waals surface area contributed by atoms with Gasteiger partial charge in [-0.05, 0) is 37.2 Å². The summed E-state index contributed by atoms with van der Waals surface area (Å²) in [6, 6.07) is 24.1. The molecule has 2 aliphatic rings. The number of hydrogen-bond donors (Lipinski definition) is 1. The molecule has 2 aliphatic heterocycles. The molecule has 0 unspecified atom stereocenters.